The number of nitrogens with one attached hydrogen (secondary N) is 1. The minimum absolute atomic E-state index is 0.408. The number of hydrogen-bond donors (Lipinski definition) is 2. The van der Waals surface area contributed by atoms with Crippen LogP contribution in [0.25, 0.3) is 0 Å². The molecule has 0 aliphatic heterocycles. The van der Waals surface area contributed by atoms with Crippen LogP contribution in [0, 0.1) is 0 Å². The molecule has 2 rings (SSSR count). The highest BCUT2D eigenvalue weighted by Crippen LogP contribution is 2.36. The van der Waals surface area contributed by atoms with Crippen LogP contribution in [-0.2, 0) is 11.2 Å². The minimum atomic E-state index is -0.747. The van der Waals surface area contributed by atoms with Crippen molar-refractivity contribution in [2.75, 3.05) is 32.0 Å². The van der Waals surface area contributed by atoms with Crippen molar-refractivity contribution in [3.8, 4) is 0 Å². The van der Waals surface area contributed by atoms with Crippen molar-refractivity contribution in [3.05, 3.63) is 10.6 Å². The van der Waals surface area contributed by atoms with Crippen LogP contribution in [0.1, 0.15) is 36.3 Å². The van der Waals surface area contributed by atoms with Gasteiger partial charge in [-0.05, 0) is 32.9 Å². The molecule has 106 valence electrons. The molecule has 1 atom stereocenters. The summed E-state index contributed by atoms with van der Waals surface area (Å²) in [6, 6.07) is 0. The van der Waals surface area contributed by atoms with Gasteiger partial charge in [-0.3, -0.25) is 4.79 Å². The fourth-order valence-corrected chi connectivity index (χ4v) is 3.34. The number of rotatable bonds is 6. The Morgan fingerprint density at radius 2 is 2.42 bits per heavy atom. The monoisotopic (exact) mass is 283 g/mol. The van der Waals surface area contributed by atoms with Crippen LogP contribution < -0.4 is 5.32 Å². The van der Waals surface area contributed by atoms with E-state index in [1.807, 2.05) is 0 Å². The molecule has 0 bridgehead atoms. The average molecular weight is 283 g/mol. The van der Waals surface area contributed by atoms with Gasteiger partial charge in [0.15, 0.2) is 5.13 Å². The van der Waals surface area contributed by atoms with Gasteiger partial charge >= 0.3 is 5.97 Å². The quantitative estimate of drug-likeness (QED) is 0.836. The molecule has 1 heterocycles. The molecule has 0 fully saturated rings. The predicted molar refractivity (Wildman–Crippen MR) is 77.1 cm³/mol. The second kappa shape index (κ2) is 6.34. The number of carbonyl (C=O) groups is 1. The third-order valence-electron chi connectivity index (χ3n) is 3.56. The molecule has 6 heteroatoms. The van der Waals surface area contributed by atoms with Crippen molar-refractivity contribution in [2.24, 2.45) is 0 Å². The van der Waals surface area contributed by atoms with Gasteiger partial charge in [-0.1, -0.05) is 6.92 Å². The number of hydrogen-bond acceptors (Lipinski definition) is 5. The molecule has 5 nitrogen and oxygen atoms in total. The number of thiazole rings is 1. The first-order chi connectivity index (χ1) is 9.11. The zero-order chi connectivity index (χ0) is 13.8. The maximum absolute atomic E-state index is 11.2. The van der Waals surface area contributed by atoms with Crippen molar-refractivity contribution in [2.45, 2.75) is 32.1 Å². The number of aromatic nitrogens is 1. The summed E-state index contributed by atoms with van der Waals surface area (Å²) in [4.78, 5) is 19.1. The maximum Gasteiger partial charge on any atom is 0.312 e. The summed E-state index contributed by atoms with van der Waals surface area (Å²) in [5, 5.41) is 13.4. The number of fused-ring (bicyclic) bond motifs is 1. The Morgan fingerprint density at radius 3 is 3.11 bits per heavy atom. The fourth-order valence-electron chi connectivity index (χ4n) is 2.25. The maximum atomic E-state index is 11.2. The molecule has 1 aromatic rings. The number of likely N-dealkylation sites (N-methyl/N-ethyl adjacent to an activating group) is 1. The van der Waals surface area contributed by atoms with Crippen molar-refractivity contribution in [3.63, 3.8) is 0 Å². The number of anilines is 1. The summed E-state index contributed by atoms with van der Waals surface area (Å²) < 4.78 is 0. The number of carboxylic acids is 1. The molecule has 1 unspecified atom stereocenters. The van der Waals surface area contributed by atoms with Gasteiger partial charge in [0.2, 0.25) is 0 Å². The molecule has 0 saturated carbocycles. The highest BCUT2D eigenvalue weighted by molar-refractivity contribution is 7.15. The van der Waals surface area contributed by atoms with Crippen molar-refractivity contribution >= 4 is 22.4 Å². The van der Waals surface area contributed by atoms with Crippen molar-refractivity contribution < 1.29 is 9.90 Å². The zero-order valence-corrected chi connectivity index (χ0v) is 12.3. The summed E-state index contributed by atoms with van der Waals surface area (Å²) in [6.07, 6.45) is 2.63. The second-order valence-electron chi connectivity index (χ2n) is 4.93. The summed E-state index contributed by atoms with van der Waals surface area (Å²) in [5.41, 5.74) is 0.787. The van der Waals surface area contributed by atoms with Crippen LogP contribution in [0.4, 0.5) is 5.13 Å². The molecule has 1 aliphatic carbocycles. The molecule has 0 amide bonds. The molecular formula is C13H21N3O2S. The molecule has 0 spiro atoms. The molecule has 19 heavy (non-hydrogen) atoms. The normalized spacial score (nSPS) is 18.4. The molecule has 0 saturated heterocycles. The van der Waals surface area contributed by atoms with Crippen LogP contribution in [0.5, 0.6) is 0 Å². The van der Waals surface area contributed by atoms with Gasteiger partial charge in [0, 0.05) is 18.0 Å². The topological polar surface area (TPSA) is 65.5 Å². The molecule has 2 N–H and O–H groups in total. The van der Waals surface area contributed by atoms with E-state index < -0.39 is 11.9 Å². The van der Waals surface area contributed by atoms with E-state index in [1.165, 1.54) is 0 Å². The lowest BCUT2D eigenvalue weighted by Crippen LogP contribution is -2.24. The zero-order valence-electron chi connectivity index (χ0n) is 11.5. The molecular weight excluding hydrogens is 262 g/mol. The van der Waals surface area contributed by atoms with Gasteiger partial charge in [0.05, 0.1) is 5.69 Å². The highest BCUT2D eigenvalue weighted by atomic mass is 32.1. The van der Waals surface area contributed by atoms with Crippen molar-refractivity contribution in [1.82, 2.24) is 9.88 Å². The molecule has 0 aromatic carbocycles. The minimum Gasteiger partial charge on any atom is -0.481 e. The van der Waals surface area contributed by atoms with E-state index in [1.54, 1.807) is 11.3 Å². The van der Waals surface area contributed by atoms with Gasteiger partial charge in [-0.2, -0.15) is 0 Å². The Kier molecular flexibility index (Phi) is 4.76. The smallest absolute Gasteiger partial charge is 0.312 e. The molecule has 0 radical (unpaired) electrons. The van der Waals surface area contributed by atoms with E-state index >= 15 is 0 Å². The Labute approximate surface area is 117 Å². The average Bonchev–Trinajstić information content (AvgIpc) is 2.80. The Morgan fingerprint density at radius 1 is 1.63 bits per heavy atom. The van der Waals surface area contributed by atoms with Crippen LogP contribution in [0.2, 0.25) is 0 Å². The third-order valence-corrected chi connectivity index (χ3v) is 4.65. The van der Waals surface area contributed by atoms with Crippen molar-refractivity contribution in [1.29, 1.82) is 0 Å². The van der Waals surface area contributed by atoms with Gasteiger partial charge in [0.1, 0.15) is 5.92 Å². The number of carboxylic acid groups (broad SMARTS) is 1. The first-order valence-corrected chi connectivity index (χ1v) is 7.58. The fraction of sp³-hybridized carbons (Fsp3) is 0.692. The summed E-state index contributed by atoms with van der Waals surface area (Å²) in [5.74, 6) is -1.16. The SMILES string of the molecule is CCN(C)CCNc1nc2c(s1)CCCC2C(=O)O. The van der Waals surface area contributed by atoms with Gasteiger partial charge in [-0.15, -0.1) is 11.3 Å². The van der Waals surface area contributed by atoms with Crippen LogP contribution >= 0.6 is 11.3 Å². The van der Waals surface area contributed by atoms with Gasteiger partial charge in [-0.25, -0.2) is 4.98 Å². The Balaban J connectivity index is 1.99. The summed E-state index contributed by atoms with van der Waals surface area (Å²) in [7, 11) is 2.08. The first kappa shape index (κ1) is 14.3. The lowest BCUT2D eigenvalue weighted by molar-refractivity contribution is -0.139. The van der Waals surface area contributed by atoms with Gasteiger partial charge in [0.25, 0.3) is 0 Å². The summed E-state index contributed by atoms with van der Waals surface area (Å²) in [6.45, 7) is 4.95. The van der Waals surface area contributed by atoms with Gasteiger partial charge < -0.3 is 15.3 Å². The Bertz CT molecular complexity index is 447. The number of nitrogens with zero attached hydrogens (tertiary/aromatic N) is 2. The van der Waals surface area contributed by atoms with E-state index in [9.17, 15) is 9.90 Å². The van der Waals surface area contributed by atoms with E-state index in [0.717, 1.165) is 48.2 Å². The lowest BCUT2D eigenvalue weighted by atomic mass is 9.91. The second-order valence-corrected chi connectivity index (χ2v) is 6.02. The summed E-state index contributed by atoms with van der Waals surface area (Å²) >= 11 is 1.61. The standard InChI is InChI=1S/C13H21N3O2S/c1-3-16(2)8-7-14-13-15-11-9(12(17)18)5-4-6-10(11)19-13/h9H,3-8H2,1-2H3,(H,14,15)(H,17,18). The van der Waals surface area contributed by atoms with Crippen LogP contribution in [-0.4, -0.2) is 47.6 Å². The van der Waals surface area contributed by atoms with E-state index in [4.69, 9.17) is 0 Å². The third kappa shape index (κ3) is 3.45. The first-order valence-electron chi connectivity index (χ1n) is 6.76. The molecule has 1 aromatic heterocycles. The largest absolute Gasteiger partial charge is 0.481 e. The number of aliphatic carboxylic acids is 1. The van der Waals surface area contributed by atoms with E-state index in [0.29, 0.717) is 6.42 Å². The predicted octanol–water partition coefficient (Wildman–Crippen LogP) is 2.01. The Hall–Kier alpha value is -1.14. The number of aryl methyl sites for hydroxylation is 1. The molecule has 1 aliphatic rings. The lowest BCUT2D eigenvalue weighted by Gasteiger charge is -2.16. The van der Waals surface area contributed by atoms with Crippen LogP contribution in [0.3, 0.4) is 0 Å². The van der Waals surface area contributed by atoms with Crippen LogP contribution in [0.15, 0.2) is 0 Å². The van der Waals surface area contributed by atoms with E-state index in [-0.39, 0.29) is 0 Å². The van der Waals surface area contributed by atoms with E-state index in [2.05, 4.69) is 29.2 Å². The highest BCUT2D eigenvalue weighted by Gasteiger charge is 2.29.